The van der Waals surface area contributed by atoms with E-state index >= 15 is 0 Å². The number of rotatable bonds is 12. The number of ether oxygens (including phenoxy) is 1. The van der Waals surface area contributed by atoms with Crippen molar-refractivity contribution in [3.8, 4) is 5.75 Å². The molecule has 1 saturated heterocycles. The van der Waals surface area contributed by atoms with Crippen LogP contribution in [0.25, 0.3) is 0 Å². The zero-order valence-corrected chi connectivity index (χ0v) is 26.8. The van der Waals surface area contributed by atoms with E-state index in [4.69, 9.17) is 25.2 Å². The summed E-state index contributed by atoms with van der Waals surface area (Å²) in [5.74, 6) is 1.15. The highest BCUT2D eigenvalue weighted by molar-refractivity contribution is 6.36. The summed E-state index contributed by atoms with van der Waals surface area (Å²) in [4.78, 5) is 41.7. The Kier molecular flexibility index (Phi) is 13.9. The zero-order chi connectivity index (χ0) is 33.3. The van der Waals surface area contributed by atoms with Crippen LogP contribution in [0, 0.1) is 0 Å². The zero-order valence-electron chi connectivity index (χ0n) is 26.8. The van der Waals surface area contributed by atoms with Crippen molar-refractivity contribution in [2.24, 2.45) is 20.7 Å². The smallest absolute Gasteiger partial charge is 0.169 e. The molecule has 0 radical (unpaired) electrons. The summed E-state index contributed by atoms with van der Waals surface area (Å²) in [7, 11) is 7.51. The molecular weight excluding hydrogens is 580 g/mol. The molecule has 11 nitrogen and oxygen atoms in total. The van der Waals surface area contributed by atoms with Gasteiger partial charge in [0.2, 0.25) is 0 Å². The van der Waals surface area contributed by atoms with E-state index in [9.17, 15) is 4.79 Å². The van der Waals surface area contributed by atoms with Gasteiger partial charge in [0.25, 0.3) is 0 Å². The predicted octanol–water partition coefficient (Wildman–Crippen LogP) is 4.54. The van der Waals surface area contributed by atoms with Crippen LogP contribution in [0.5, 0.6) is 5.75 Å². The molecule has 3 aromatic rings. The second-order valence-electron chi connectivity index (χ2n) is 10.1. The fourth-order valence-corrected chi connectivity index (χ4v) is 4.61. The Labute approximate surface area is 271 Å². The third-order valence-electron chi connectivity index (χ3n) is 7.13. The molecule has 46 heavy (non-hydrogen) atoms. The fourth-order valence-electron chi connectivity index (χ4n) is 4.61. The van der Waals surface area contributed by atoms with Crippen molar-refractivity contribution in [2.45, 2.75) is 0 Å². The van der Waals surface area contributed by atoms with Crippen LogP contribution in [-0.4, -0.2) is 90.2 Å². The highest BCUT2D eigenvalue weighted by Crippen LogP contribution is 2.33. The molecule has 11 heteroatoms. The van der Waals surface area contributed by atoms with Gasteiger partial charge in [0, 0.05) is 63.3 Å². The van der Waals surface area contributed by atoms with Gasteiger partial charge in [0.05, 0.1) is 31.0 Å². The first-order chi connectivity index (χ1) is 22.4. The fraction of sp³-hybridized carbons (Fsp3) is 0.229. The second kappa shape index (κ2) is 18.3. The number of nitrogens with one attached hydrogen (secondary N) is 1. The van der Waals surface area contributed by atoms with E-state index in [-0.39, 0.29) is 5.71 Å². The minimum atomic E-state index is 0.238. The van der Waals surface area contributed by atoms with E-state index in [1.54, 1.807) is 13.3 Å². The molecule has 0 atom stereocenters. The molecule has 0 bridgehead atoms. The van der Waals surface area contributed by atoms with Crippen molar-refractivity contribution in [3.05, 3.63) is 103 Å². The van der Waals surface area contributed by atoms with Crippen LogP contribution < -0.4 is 25.6 Å². The molecule has 0 aromatic heterocycles. The van der Waals surface area contributed by atoms with Gasteiger partial charge in [-0.3, -0.25) is 14.6 Å². The molecule has 4 rings (SSSR count). The van der Waals surface area contributed by atoms with Gasteiger partial charge < -0.3 is 30.5 Å². The van der Waals surface area contributed by atoms with Gasteiger partial charge in [-0.05, 0) is 43.5 Å². The number of nitrogens with two attached hydrogens (primary N) is 1. The molecule has 1 aliphatic heterocycles. The molecular formula is C35H42N8O3. The van der Waals surface area contributed by atoms with Gasteiger partial charge in [-0.1, -0.05) is 43.0 Å². The SMILES string of the molecule is C=CC=O.CNc1cccc(N(C)C(/N=C/N)=C(/C=Nc2ccc(N3CCN(C)CC3)c(OC)c2)N=C(C=O)c2ccccc2)c1. The summed E-state index contributed by atoms with van der Waals surface area (Å²) in [6, 6.07) is 23.0. The third-order valence-corrected chi connectivity index (χ3v) is 7.13. The number of aliphatic imine (C=N–C) groups is 3. The van der Waals surface area contributed by atoms with E-state index in [0.29, 0.717) is 29.1 Å². The minimum Gasteiger partial charge on any atom is -0.495 e. The standard InChI is InChI=1S/C32H38N8O2.C3H4O/c1-34-25-11-8-12-27(19-25)39(3)32(36-23-33)28(37-29(22-41)24-9-6-5-7-10-24)21-35-26-13-14-30(31(20-26)42-4)40-17-15-38(2)16-18-40;1-2-3-4/h5-14,19-23,34H,15-18H2,1-4H3,(H2,33,36);2-3H,1H2/b32-28-,35-21?,37-29?;. The first-order valence-corrected chi connectivity index (χ1v) is 14.7. The lowest BCUT2D eigenvalue weighted by atomic mass is 10.1. The molecule has 3 aromatic carbocycles. The number of hydrogen-bond donors (Lipinski definition) is 2. The van der Waals surface area contributed by atoms with Crippen LogP contribution >= 0.6 is 0 Å². The number of anilines is 3. The van der Waals surface area contributed by atoms with Crippen molar-refractivity contribution in [1.82, 2.24) is 4.90 Å². The second-order valence-corrected chi connectivity index (χ2v) is 10.1. The average molecular weight is 623 g/mol. The topological polar surface area (TPSA) is 128 Å². The molecule has 0 saturated carbocycles. The van der Waals surface area contributed by atoms with Crippen molar-refractivity contribution in [2.75, 3.05) is 69.5 Å². The molecule has 240 valence electrons. The molecule has 3 N–H and O–H groups in total. The Morgan fingerprint density at radius 3 is 2.35 bits per heavy atom. The highest BCUT2D eigenvalue weighted by atomic mass is 16.5. The van der Waals surface area contributed by atoms with Gasteiger partial charge in [0.1, 0.15) is 23.4 Å². The Balaban J connectivity index is 0.00000136. The Bertz CT molecular complexity index is 1570. The van der Waals surface area contributed by atoms with Gasteiger partial charge in [-0.15, -0.1) is 0 Å². The summed E-state index contributed by atoms with van der Waals surface area (Å²) < 4.78 is 5.75. The van der Waals surface area contributed by atoms with Crippen LogP contribution in [0.15, 0.2) is 112 Å². The summed E-state index contributed by atoms with van der Waals surface area (Å²) in [5.41, 5.74) is 10.5. The predicted molar refractivity (Wildman–Crippen MR) is 190 cm³/mol. The third kappa shape index (κ3) is 9.73. The van der Waals surface area contributed by atoms with Crippen LogP contribution in [0.2, 0.25) is 0 Å². The molecule has 1 heterocycles. The lowest BCUT2D eigenvalue weighted by molar-refractivity contribution is -0.104. The van der Waals surface area contributed by atoms with Crippen molar-refractivity contribution >= 4 is 53.6 Å². The van der Waals surface area contributed by atoms with Crippen molar-refractivity contribution in [3.63, 3.8) is 0 Å². The van der Waals surface area contributed by atoms with Crippen LogP contribution in [0.4, 0.5) is 22.7 Å². The van der Waals surface area contributed by atoms with Crippen LogP contribution in [-0.2, 0) is 9.59 Å². The van der Waals surface area contributed by atoms with Crippen molar-refractivity contribution < 1.29 is 14.3 Å². The first-order valence-electron chi connectivity index (χ1n) is 14.7. The minimum absolute atomic E-state index is 0.238. The number of hydrogen-bond acceptors (Lipinski definition) is 10. The van der Waals surface area contributed by atoms with E-state index in [1.165, 1.54) is 12.4 Å². The summed E-state index contributed by atoms with van der Waals surface area (Å²) >= 11 is 0. The molecule has 0 amide bonds. The van der Waals surface area contributed by atoms with E-state index in [0.717, 1.165) is 55.3 Å². The number of carbonyl (C=O) groups is 2. The lowest BCUT2D eigenvalue weighted by Gasteiger charge is -2.34. The van der Waals surface area contributed by atoms with Gasteiger partial charge in [-0.2, -0.15) is 0 Å². The van der Waals surface area contributed by atoms with Crippen LogP contribution in [0.1, 0.15) is 5.56 Å². The highest BCUT2D eigenvalue weighted by Gasteiger charge is 2.18. The molecule has 0 aliphatic carbocycles. The first kappa shape index (κ1) is 34.9. The quantitative estimate of drug-likeness (QED) is 0.130. The number of benzene rings is 3. The lowest BCUT2D eigenvalue weighted by Crippen LogP contribution is -2.44. The Morgan fingerprint density at radius 2 is 1.74 bits per heavy atom. The monoisotopic (exact) mass is 622 g/mol. The largest absolute Gasteiger partial charge is 0.495 e. The van der Waals surface area contributed by atoms with E-state index in [2.05, 4.69) is 33.7 Å². The number of nitrogens with zero attached hydrogens (tertiary/aromatic N) is 6. The Hall–Kier alpha value is -5.55. The number of likely N-dealkylation sites (N-methyl/N-ethyl adjacent to an activating group) is 1. The maximum atomic E-state index is 12.2. The molecule has 1 fully saturated rings. The van der Waals surface area contributed by atoms with Gasteiger partial charge >= 0.3 is 0 Å². The van der Waals surface area contributed by atoms with Gasteiger partial charge in [-0.25, -0.2) is 9.98 Å². The maximum Gasteiger partial charge on any atom is 0.169 e. The van der Waals surface area contributed by atoms with Crippen molar-refractivity contribution in [1.29, 1.82) is 0 Å². The number of piperazine rings is 1. The summed E-state index contributed by atoms with van der Waals surface area (Å²) in [5, 5.41) is 3.15. The molecule has 0 spiro atoms. The maximum absolute atomic E-state index is 12.2. The van der Waals surface area contributed by atoms with Gasteiger partial charge in [0.15, 0.2) is 12.1 Å². The molecule has 1 aliphatic rings. The summed E-state index contributed by atoms with van der Waals surface area (Å²) in [6.45, 7) is 6.94. The summed E-state index contributed by atoms with van der Waals surface area (Å²) in [6.07, 6.45) is 5.36. The van der Waals surface area contributed by atoms with E-state index in [1.807, 2.05) is 91.8 Å². The average Bonchev–Trinajstić information content (AvgIpc) is 3.11. The normalized spacial score (nSPS) is 14.3. The number of aldehydes is 2. The Morgan fingerprint density at radius 1 is 1.02 bits per heavy atom. The number of allylic oxidation sites excluding steroid dienone is 2. The molecule has 0 unspecified atom stereocenters. The van der Waals surface area contributed by atoms with E-state index < -0.39 is 0 Å². The van der Waals surface area contributed by atoms with Crippen LogP contribution in [0.3, 0.4) is 0 Å². The number of carbonyl (C=O) groups excluding carboxylic acids is 2. The number of methoxy groups -OCH3 is 1.